The van der Waals surface area contributed by atoms with Crippen LogP contribution in [0.2, 0.25) is 0 Å². The molecule has 1 unspecified atom stereocenters. The van der Waals surface area contributed by atoms with E-state index in [1.807, 2.05) is 0 Å². The van der Waals surface area contributed by atoms with Gasteiger partial charge in [-0.15, -0.1) is 0 Å². The van der Waals surface area contributed by atoms with E-state index in [1.54, 1.807) is 0 Å². The lowest BCUT2D eigenvalue weighted by Crippen LogP contribution is -2.30. The van der Waals surface area contributed by atoms with Crippen LogP contribution >= 0.6 is 0 Å². The zero-order chi connectivity index (χ0) is 55.7. The molecule has 6 heteroatoms. The molecule has 77 heavy (non-hydrogen) atoms. The Morgan fingerprint density at radius 3 is 0.740 bits per heavy atom. The number of allylic oxidation sites excluding steroid dienone is 4. The molecule has 0 aromatic carbocycles. The van der Waals surface area contributed by atoms with Crippen molar-refractivity contribution in [2.24, 2.45) is 0 Å². The van der Waals surface area contributed by atoms with Crippen molar-refractivity contribution in [2.75, 3.05) is 13.2 Å². The van der Waals surface area contributed by atoms with E-state index in [1.165, 1.54) is 283 Å². The Bertz CT molecular complexity index is 1240. The van der Waals surface area contributed by atoms with Gasteiger partial charge in [-0.1, -0.05) is 347 Å². The summed E-state index contributed by atoms with van der Waals surface area (Å²) in [6.07, 6.45) is 81.4. The molecule has 0 saturated carbocycles. The average Bonchev–Trinajstić information content (AvgIpc) is 3.43. The predicted octanol–water partition coefficient (Wildman–Crippen LogP) is 23.8. The molecule has 0 amide bonds. The molecule has 0 N–H and O–H groups in total. The van der Waals surface area contributed by atoms with E-state index in [4.69, 9.17) is 14.2 Å². The highest BCUT2D eigenvalue weighted by Gasteiger charge is 2.19. The van der Waals surface area contributed by atoms with Crippen LogP contribution in [-0.4, -0.2) is 37.2 Å². The highest BCUT2D eigenvalue weighted by molar-refractivity contribution is 5.71. The third-order valence-corrected chi connectivity index (χ3v) is 16.0. The van der Waals surface area contributed by atoms with Crippen molar-refractivity contribution in [3.05, 3.63) is 24.3 Å². The molecule has 0 aliphatic heterocycles. The lowest BCUT2D eigenvalue weighted by molar-refractivity contribution is -0.167. The highest BCUT2D eigenvalue weighted by Crippen LogP contribution is 2.19. The lowest BCUT2D eigenvalue weighted by atomic mass is 10.0. The number of carbonyl (C=O) groups excluding carboxylic acids is 3. The Labute approximate surface area is 481 Å². The van der Waals surface area contributed by atoms with Crippen molar-refractivity contribution in [1.29, 1.82) is 0 Å². The van der Waals surface area contributed by atoms with Gasteiger partial charge in [-0.3, -0.25) is 14.4 Å². The van der Waals surface area contributed by atoms with Crippen molar-refractivity contribution >= 4 is 17.9 Å². The second kappa shape index (κ2) is 66.4. The summed E-state index contributed by atoms with van der Waals surface area (Å²) in [5.74, 6) is -0.864. The monoisotopic (exact) mass is 1080 g/mol. The van der Waals surface area contributed by atoms with Crippen LogP contribution in [0, 0.1) is 0 Å². The van der Waals surface area contributed by atoms with E-state index >= 15 is 0 Å². The first-order valence-electron chi connectivity index (χ1n) is 34.8. The molecule has 0 heterocycles. The number of rotatable bonds is 65. The third-order valence-electron chi connectivity index (χ3n) is 16.0. The van der Waals surface area contributed by atoms with Crippen molar-refractivity contribution < 1.29 is 28.6 Å². The molecular formula is C71H134O6. The van der Waals surface area contributed by atoms with Gasteiger partial charge in [0.25, 0.3) is 0 Å². The van der Waals surface area contributed by atoms with Crippen LogP contribution in [0.15, 0.2) is 24.3 Å². The molecule has 0 fully saturated rings. The Balaban J connectivity index is 3.84. The van der Waals surface area contributed by atoms with Gasteiger partial charge in [-0.05, 0) is 51.4 Å². The maximum absolute atomic E-state index is 12.8. The molecule has 0 spiro atoms. The van der Waals surface area contributed by atoms with Crippen molar-refractivity contribution in [3.63, 3.8) is 0 Å². The van der Waals surface area contributed by atoms with Gasteiger partial charge in [0, 0.05) is 19.3 Å². The Morgan fingerprint density at radius 1 is 0.260 bits per heavy atom. The first kappa shape index (κ1) is 74.9. The first-order chi connectivity index (χ1) is 38.0. The topological polar surface area (TPSA) is 78.9 Å². The first-order valence-corrected chi connectivity index (χ1v) is 34.8. The molecule has 0 aliphatic carbocycles. The Hall–Kier alpha value is -2.11. The third kappa shape index (κ3) is 64.6. The fourth-order valence-corrected chi connectivity index (χ4v) is 10.7. The van der Waals surface area contributed by atoms with Gasteiger partial charge in [-0.2, -0.15) is 0 Å². The summed E-state index contributed by atoms with van der Waals surface area (Å²) in [4.78, 5) is 37.9. The van der Waals surface area contributed by atoms with Gasteiger partial charge >= 0.3 is 17.9 Å². The summed E-state index contributed by atoms with van der Waals surface area (Å²) in [5, 5.41) is 0. The summed E-state index contributed by atoms with van der Waals surface area (Å²) < 4.78 is 16.8. The molecule has 1 atom stereocenters. The standard InChI is InChI=1S/C71H134O6/c1-4-7-10-13-15-17-19-21-23-25-27-28-29-30-31-32-33-34-35-36-37-38-39-40-41-42-44-45-47-49-51-53-55-58-61-64-70(73)76-67-68(66-75-69(72)63-60-57-12-9-6-3)77-71(74)65-62-59-56-54-52-50-48-46-43-26-24-22-20-18-16-14-11-8-5-2/h16,18,22,24,68H,4-15,17,19-21,23,25-67H2,1-3H3/b18-16-,24-22-. The Kier molecular flexibility index (Phi) is 64.6. The van der Waals surface area contributed by atoms with Crippen molar-refractivity contribution in [2.45, 2.75) is 399 Å². The molecule has 0 aromatic rings. The fraction of sp³-hybridized carbons (Fsp3) is 0.901. The summed E-state index contributed by atoms with van der Waals surface area (Å²) >= 11 is 0. The summed E-state index contributed by atoms with van der Waals surface area (Å²) in [6.45, 7) is 6.59. The largest absolute Gasteiger partial charge is 0.462 e. The highest BCUT2D eigenvalue weighted by atomic mass is 16.6. The summed E-state index contributed by atoms with van der Waals surface area (Å²) in [6, 6.07) is 0. The molecule has 0 bridgehead atoms. The molecule has 454 valence electrons. The summed E-state index contributed by atoms with van der Waals surface area (Å²) in [7, 11) is 0. The van der Waals surface area contributed by atoms with Crippen LogP contribution in [0.5, 0.6) is 0 Å². The number of esters is 3. The van der Waals surface area contributed by atoms with Gasteiger partial charge in [-0.25, -0.2) is 0 Å². The van der Waals surface area contributed by atoms with Crippen LogP contribution in [0.3, 0.4) is 0 Å². The minimum atomic E-state index is -0.768. The predicted molar refractivity (Wildman–Crippen MR) is 335 cm³/mol. The smallest absolute Gasteiger partial charge is 0.306 e. The number of carbonyl (C=O) groups is 3. The normalized spacial score (nSPS) is 12.1. The number of hydrogen-bond donors (Lipinski definition) is 0. The minimum Gasteiger partial charge on any atom is -0.462 e. The maximum Gasteiger partial charge on any atom is 0.306 e. The summed E-state index contributed by atoms with van der Waals surface area (Å²) in [5.41, 5.74) is 0. The molecule has 6 nitrogen and oxygen atoms in total. The molecule has 0 radical (unpaired) electrons. The zero-order valence-corrected chi connectivity index (χ0v) is 52.3. The van der Waals surface area contributed by atoms with Gasteiger partial charge in [0.05, 0.1) is 0 Å². The SMILES string of the molecule is CCCCC/C=C\C/C=C\CCCCCCCCCCCC(=O)OC(COC(=O)CCCCCCC)COC(=O)CCCCCCCCCCCCCCCCCCCCCCCCCCCCCCCCCCCCC. The number of unbranched alkanes of at least 4 members (excludes halogenated alkanes) is 50. The molecule has 0 saturated heterocycles. The fourth-order valence-electron chi connectivity index (χ4n) is 10.7. The molecule has 0 aliphatic rings. The maximum atomic E-state index is 12.8. The van der Waals surface area contributed by atoms with Gasteiger partial charge < -0.3 is 14.2 Å². The van der Waals surface area contributed by atoms with E-state index in [9.17, 15) is 14.4 Å². The lowest BCUT2D eigenvalue weighted by Gasteiger charge is -2.18. The van der Waals surface area contributed by atoms with Crippen molar-refractivity contribution in [3.8, 4) is 0 Å². The number of hydrogen-bond acceptors (Lipinski definition) is 6. The van der Waals surface area contributed by atoms with Gasteiger partial charge in [0.1, 0.15) is 13.2 Å². The molecule has 0 aromatic heterocycles. The second-order valence-corrected chi connectivity index (χ2v) is 23.8. The van der Waals surface area contributed by atoms with E-state index in [-0.39, 0.29) is 31.1 Å². The van der Waals surface area contributed by atoms with Gasteiger partial charge in [0.15, 0.2) is 6.10 Å². The average molecular weight is 1080 g/mol. The number of ether oxygens (including phenoxy) is 3. The van der Waals surface area contributed by atoms with E-state index < -0.39 is 6.10 Å². The van der Waals surface area contributed by atoms with E-state index in [0.717, 1.165) is 70.6 Å². The quantitative estimate of drug-likeness (QED) is 0.0261. The molecule has 0 rings (SSSR count). The minimum absolute atomic E-state index is 0.0686. The zero-order valence-electron chi connectivity index (χ0n) is 52.3. The van der Waals surface area contributed by atoms with Gasteiger partial charge in [0.2, 0.25) is 0 Å². The van der Waals surface area contributed by atoms with E-state index in [2.05, 4.69) is 45.1 Å². The van der Waals surface area contributed by atoms with Crippen LogP contribution in [0.1, 0.15) is 393 Å². The second-order valence-electron chi connectivity index (χ2n) is 23.8. The van der Waals surface area contributed by atoms with Crippen LogP contribution in [-0.2, 0) is 28.6 Å². The van der Waals surface area contributed by atoms with E-state index in [0.29, 0.717) is 19.3 Å². The Morgan fingerprint density at radius 2 is 0.468 bits per heavy atom. The molecular weight excluding hydrogens is 949 g/mol. The van der Waals surface area contributed by atoms with Crippen LogP contribution in [0.4, 0.5) is 0 Å². The van der Waals surface area contributed by atoms with Crippen LogP contribution < -0.4 is 0 Å². The van der Waals surface area contributed by atoms with Crippen molar-refractivity contribution in [1.82, 2.24) is 0 Å². The van der Waals surface area contributed by atoms with Crippen LogP contribution in [0.25, 0.3) is 0 Å².